The molecule has 0 amide bonds. The van der Waals surface area contributed by atoms with Crippen LogP contribution in [-0.2, 0) is 0 Å². The second kappa shape index (κ2) is 4.52. The highest BCUT2D eigenvalue weighted by atomic mass is 32.1. The Bertz CT molecular complexity index is 181. The molecule has 62 valence electrons. The Labute approximate surface area is 72.4 Å². The summed E-state index contributed by atoms with van der Waals surface area (Å²) in [6.45, 7) is 3.39. The highest BCUT2D eigenvalue weighted by Gasteiger charge is 2.03. The van der Waals surface area contributed by atoms with Crippen molar-refractivity contribution in [1.82, 2.24) is 5.32 Å². The lowest BCUT2D eigenvalue weighted by molar-refractivity contribution is 0.638. The van der Waals surface area contributed by atoms with Gasteiger partial charge < -0.3 is 5.32 Å². The van der Waals surface area contributed by atoms with E-state index in [1.54, 1.807) is 11.3 Å². The molecule has 0 aromatic carbocycles. The van der Waals surface area contributed by atoms with Crippen LogP contribution in [0, 0.1) is 0 Å². The summed E-state index contributed by atoms with van der Waals surface area (Å²) in [6.07, 6.45) is 1.23. The molecule has 1 atom stereocenters. The van der Waals surface area contributed by atoms with E-state index in [2.05, 4.69) is 29.1 Å². The van der Waals surface area contributed by atoms with E-state index in [0.29, 0.717) is 5.92 Å². The summed E-state index contributed by atoms with van der Waals surface area (Å²) in [5.74, 6) is 0.702. The second-order valence-corrected chi connectivity index (χ2v) is 3.63. The van der Waals surface area contributed by atoms with Gasteiger partial charge in [0, 0.05) is 0 Å². The summed E-state index contributed by atoms with van der Waals surface area (Å²) in [7, 11) is 2.00. The Hall–Kier alpha value is -0.340. The average Bonchev–Trinajstić information content (AvgIpc) is 2.52. The molecule has 1 aromatic rings. The molecule has 2 heteroatoms. The first-order valence-corrected chi connectivity index (χ1v) is 4.95. The zero-order valence-electron chi connectivity index (χ0n) is 7.13. The first kappa shape index (κ1) is 8.75. The third kappa shape index (κ3) is 2.64. The maximum atomic E-state index is 3.16. The Balaban J connectivity index is 2.36. The number of thiophene rings is 1. The van der Waals surface area contributed by atoms with E-state index in [1.165, 1.54) is 12.0 Å². The molecule has 0 spiro atoms. The molecule has 1 rings (SSSR count). The van der Waals surface area contributed by atoms with Gasteiger partial charge in [0.15, 0.2) is 0 Å². The van der Waals surface area contributed by atoms with Gasteiger partial charge >= 0.3 is 0 Å². The minimum absolute atomic E-state index is 0.702. The van der Waals surface area contributed by atoms with E-state index in [0.717, 1.165) is 6.54 Å². The molecule has 1 N–H and O–H groups in total. The van der Waals surface area contributed by atoms with Crippen molar-refractivity contribution in [2.45, 2.75) is 19.3 Å². The van der Waals surface area contributed by atoms with Crippen LogP contribution >= 0.6 is 11.3 Å². The van der Waals surface area contributed by atoms with Crippen LogP contribution in [-0.4, -0.2) is 13.6 Å². The zero-order valence-corrected chi connectivity index (χ0v) is 7.95. The van der Waals surface area contributed by atoms with Gasteiger partial charge in [0.25, 0.3) is 0 Å². The predicted molar refractivity (Wildman–Crippen MR) is 51.3 cm³/mol. The van der Waals surface area contributed by atoms with Gasteiger partial charge in [-0.2, -0.15) is 11.3 Å². The van der Waals surface area contributed by atoms with E-state index in [-0.39, 0.29) is 0 Å². The molecule has 0 radical (unpaired) electrons. The molecular formula is C9H15NS. The fourth-order valence-electron chi connectivity index (χ4n) is 1.08. The van der Waals surface area contributed by atoms with Crippen molar-refractivity contribution < 1.29 is 0 Å². The summed E-state index contributed by atoms with van der Waals surface area (Å²) in [5, 5.41) is 7.54. The summed E-state index contributed by atoms with van der Waals surface area (Å²) < 4.78 is 0. The molecule has 0 saturated heterocycles. The van der Waals surface area contributed by atoms with Gasteiger partial charge in [-0.05, 0) is 48.3 Å². The molecule has 0 aliphatic carbocycles. The van der Waals surface area contributed by atoms with E-state index in [9.17, 15) is 0 Å². The van der Waals surface area contributed by atoms with Crippen molar-refractivity contribution in [2.75, 3.05) is 13.6 Å². The predicted octanol–water partition coefficient (Wildman–Crippen LogP) is 2.46. The molecule has 1 heterocycles. The Morgan fingerprint density at radius 2 is 2.45 bits per heavy atom. The monoisotopic (exact) mass is 169 g/mol. The maximum absolute atomic E-state index is 3.16. The van der Waals surface area contributed by atoms with Crippen molar-refractivity contribution in [2.24, 2.45) is 0 Å². The van der Waals surface area contributed by atoms with E-state index < -0.39 is 0 Å². The summed E-state index contributed by atoms with van der Waals surface area (Å²) >= 11 is 1.78. The number of rotatable bonds is 4. The highest BCUT2D eigenvalue weighted by molar-refractivity contribution is 7.07. The van der Waals surface area contributed by atoms with Gasteiger partial charge in [0.2, 0.25) is 0 Å². The topological polar surface area (TPSA) is 12.0 Å². The Morgan fingerprint density at radius 3 is 3.00 bits per heavy atom. The van der Waals surface area contributed by atoms with Crippen molar-refractivity contribution >= 4 is 11.3 Å². The molecule has 1 unspecified atom stereocenters. The van der Waals surface area contributed by atoms with Crippen LogP contribution in [0.1, 0.15) is 24.8 Å². The maximum Gasteiger partial charge on any atom is -0.00462 e. The number of nitrogens with one attached hydrogen (secondary N) is 1. The molecule has 0 aliphatic rings. The van der Waals surface area contributed by atoms with Crippen LogP contribution in [0.2, 0.25) is 0 Å². The third-order valence-electron chi connectivity index (χ3n) is 1.94. The van der Waals surface area contributed by atoms with Gasteiger partial charge in [-0.25, -0.2) is 0 Å². The van der Waals surface area contributed by atoms with Gasteiger partial charge in [0.1, 0.15) is 0 Å². The Kier molecular flexibility index (Phi) is 3.60. The van der Waals surface area contributed by atoms with Crippen LogP contribution in [0.4, 0.5) is 0 Å². The summed E-state index contributed by atoms with van der Waals surface area (Å²) in [4.78, 5) is 0. The molecule has 0 bridgehead atoms. The van der Waals surface area contributed by atoms with Crippen LogP contribution in [0.5, 0.6) is 0 Å². The first-order valence-electron chi connectivity index (χ1n) is 4.01. The quantitative estimate of drug-likeness (QED) is 0.730. The molecular weight excluding hydrogens is 154 g/mol. The molecule has 1 aromatic heterocycles. The van der Waals surface area contributed by atoms with E-state index >= 15 is 0 Å². The van der Waals surface area contributed by atoms with Crippen molar-refractivity contribution in [1.29, 1.82) is 0 Å². The zero-order chi connectivity index (χ0) is 8.10. The molecule has 1 nitrogen and oxygen atoms in total. The SMILES string of the molecule is CNCCC(C)c1ccsc1. The first-order chi connectivity index (χ1) is 5.34. The molecule has 0 fully saturated rings. The average molecular weight is 169 g/mol. The fourth-order valence-corrected chi connectivity index (χ4v) is 1.87. The van der Waals surface area contributed by atoms with Crippen LogP contribution in [0.25, 0.3) is 0 Å². The summed E-state index contributed by atoms with van der Waals surface area (Å²) in [5.41, 5.74) is 1.48. The summed E-state index contributed by atoms with van der Waals surface area (Å²) in [6, 6.07) is 2.21. The van der Waals surface area contributed by atoms with Gasteiger partial charge in [0.05, 0.1) is 0 Å². The normalized spacial score (nSPS) is 13.3. The van der Waals surface area contributed by atoms with E-state index in [4.69, 9.17) is 0 Å². The van der Waals surface area contributed by atoms with Crippen LogP contribution in [0.15, 0.2) is 16.8 Å². The van der Waals surface area contributed by atoms with E-state index in [1.807, 2.05) is 7.05 Å². The lowest BCUT2D eigenvalue weighted by Crippen LogP contribution is -2.10. The van der Waals surface area contributed by atoms with Gasteiger partial charge in [-0.15, -0.1) is 0 Å². The fraction of sp³-hybridized carbons (Fsp3) is 0.556. The lowest BCUT2D eigenvalue weighted by atomic mass is 10.0. The second-order valence-electron chi connectivity index (χ2n) is 2.85. The molecule has 11 heavy (non-hydrogen) atoms. The van der Waals surface area contributed by atoms with Crippen molar-refractivity contribution in [3.05, 3.63) is 22.4 Å². The smallest absolute Gasteiger partial charge is 0.00462 e. The van der Waals surface area contributed by atoms with Crippen LogP contribution < -0.4 is 5.32 Å². The largest absolute Gasteiger partial charge is 0.320 e. The third-order valence-corrected chi connectivity index (χ3v) is 2.64. The van der Waals surface area contributed by atoms with Crippen LogP contribution in [0.3, 0.4) is 0 Å². The van der Waals surface area contributed by atoms with Crippen molar-refractivity contribution in [3.63, 3.8) is 0 Å². The number of hydrogen-bond acceptors (Lipinski definition) is 2. The van der Waals surface area contributed by atoms with Crippen molar-refractivity contribution in [3.8, 4) is 0 Å². The van der Waals surface area contributed by atoms with Gasteiger partial charge in [-0.3, -0.25) is 0 Å². The molecule has 0 saturated carbocycles. The minimum atomic E-state index is 0.702. The van der Waals surface area contributed by atoms with Gasteiger partial charge in [-0.1, -0.05) is 6.92 Å². The standard InChI is InChI=1S/C9H15NS/c1-8(3-5-10-2)9-4-6-11-7-9/h4,6-8,10H,3,5H2,1-2H3. The highest BCUT2D eigenvalue weighted by Crippen LogP contribution is 2.20. The minimum Gasteiger partial charge on any atom is -0.320 e. The number of hydrogen-bond donors (Lipinski definition) is 1. The Morgan fingerprint density at radius 1 is 1.64 bits per heavy atom. The lowest BCUT2D eigenvalue weighted by Gasteiger charge is -2.07. The molecule has 0 aliphatic heterocycles.